The molecule has 0 saturated heterocycles. The second-order valence-electron chi connectivity index (χ2n) is 5.10. The zero-order valence-corrected chi connectivity index (χ0v) is 12.8. The number of aromatic nitrogens is 3. The average Bonchev–Trinajstić information content (AvgIpc) is 3.10. The van der Waals surface area contributed by atoms with Gasteiger partial charge in [0.15, 0.2) is 11.4 Å². The van der Waals surface area contributed by atoms with Gasteiger partial charge in [0.05, 0.1) is 0 Å². The normalized spacial score (nSPS) is 11.2. The SMILES string of the molecule is Cc1c(C(=O)Nc2nnc3ccccn23)oc2ccc(Cl)cc12. The summed E-state index contributed by atoms with van der Waals surface area (Å²) in [6.07, 6.45) is 1.77. The monoisotopic (exact) mass is 326 g/mol. The van der Waals surface area contributed by atoms with Crippen molar-refractivity contribution in [2.75, 3.05) is 5.32 Å². The second-order valence-corrected chi connectivity index (χ2v) is 5.54. The number of hydrogen-bond acceptors (Lipinski definition) is 4. The first-order chi connectivity index (χ1) is 11.1. The van der Waals surface area contributed by atoms with Crippen LogP contribution in [0.4, 0.5) is 5.95 Å². The third kappa shape index (κ3) is 2.24. The summed E-state index contributed by atoms with van der Waals surface area (Å²) in [5.74, 6) is 0.186. The summed E-state index contributed by atoms with van der Waals surface area (Å²) in [5, 5.41) is 12.1. The van der Waals surface area contributed by atoms with E-state index < -0.39 is 0 Å². The molecule has 0 aliphatic heterocycles. The molecule has 3 heterocycles. The topological polar surface area (TPSA) is 72.4 Å². The number of carbonyl (C=O) groups excluding carboxylic acids is 1. The van der Waals surface area contributed by atoms with Crippen molar-refractivity contribution in [3.63, 3.8) is 0 Å². The maximum absolute atomic E-state index is 12.5. The van der Waals surface area contributed by atoms with Gasteiger partial charge in [-0.1, -0.05) is 17.7 Å². The van der Waals surface area contributed by atoms with E-state index in [2.05, 4.69) is 15.5 Å². The molecule has 0 radical (unpaired) electrons. The quantitative estimate of drug-likeness (QED) is 0.609. The molecule has 1 aromatic carbocycles. The predicted octanol–water partition coefficient (Wildman–Crippen LogP) is 3.69. The van der Waals surface area contributed by atoms with Crippen LogP contribution in [0.25, 0.3) is 16.6 Å². The Hall–Kier alpha value is -2.86. The molecule has 0 unspecified atom stereocenters. The van der Waals surface area contributed by atoms with E-state index in [1.165, 1.54) is 0 Å². The van der Waals surface area contributed by atoms with Crippen molar-refractivity contribution < 1.29 is 9.21 Å². The lowest BCUT2D eigenvalue weighted by atomic mass is 10.1. The van der Waals surface area contributed by atoms with Crippen molar-refractivity contribution in [3.8, 4) is 0 Å². The Morgan fingerprint density at radius 1 is 1.26 bits per heavy atom. The summed E-state index contributed by atoms with van der Waals surface area (Å²) in [6, 6.07) is 10.7. The minimum absolute atomic E-state index is 0.231. The lowest BCUT2D eigenvalue weighted by Crippen LogP contribution is -2.14. The van der Waals surface area contributed by atoms with Gasteiger partial charge in [-0.15, -0.1) is 10.2 Å². The Kier molecular flexibility index (Phi) is 3.06. The zero-order valence-electron chi connectivity index (χ0n) is 12.1. The van der Waals surface area contributed by atoms with Crippen LogP contribution in [0.15, 0.2) is 47.0 Å². The molecule has 23 heavy (non-hydrogen) atoms. The van der Waals surface area contributed by atoms with Gasteiger partial charge in [-0.25, -0.2) is 0 Å². The largest absolute Gasteiger partial charge is 0.451 e. The molecule has 6 nitrogen and oxygen atoms in total. The lowest BCUT2D eigenvalue weighted by Gasteiger charge is -2.01. The maximum Gasteiger partial charge on any atom is 0.294 e. The van der Waals surface area contributed by atoms with Gasteiger partial charge < -0.3 is 4.42 Å². The summed E-state index contributed by atoms with van der Waals surface area (Å²) in [5.41, 5.74) is 1.99. The van der Waals surface area contributed by atoms with Gasteiger partial charge in [-0.05, 0) is 37.3 Å². The number of furan rings is 1. The lowest BCUT2D eigenvalue weighted by molar-refractivity contribution is 0.0997. The van der Waals surface area contributed by atoms with Crippen LogP contribution in [-0.2, 0) is 0 Å². The highest BCUT2D eigenvalue weighted by Crippen LogP contribution is 2.28. The number of rotatable bonds is 2. The first kappa shape index (κ1) is 13.8. The fraction of sp³-hybridized carbons (Fsp3) is 0.0625. The van der Waals surface area contributed by atoms with Gasteiger partial charge in [0.1, 0.15) is 5.58 Å². The van der Waals surface area contributed by atoms with E-state index in [9.17, 15) is 4.79 Å². The molecule has 0 fully saturated rings. The fourth-order valence-electron chi connectivity index (χ4n) is 2.49. The van der Waals surface area contributed by atoms with Crippen LogP contribution in [0.2, 0.25) is 5.02 Å². The smallest absolute Gasteiger partial charge is 0.294 e. The molecule has 0 spiro atoms. The third-order valence-corrected chi connectivity index (χ3v) is 3.88. The zero-order chi connectivity index (χ0) is 16.0. The number of nitrogens with zero attached hydrogens (tertiary/aromatic N) is 3. The number of aryl methyl sites for hydroxylation is 1. The molecule has 1 amide bonds. The number of carbonyl (C=O) groups is 1. The number of fused-ring (bicyclic) bond motifs is 2. The Balaban J connectivity index is 1.73. The summed E-state index contributed by atoms with van der Waals surface area (Å²) in [7, 11) is 0. The Morgan fingerprint density at radius 3 is 3.00 bits per heavy atom. The van der Waals surface area contributed by atoms with E-state index in [1.807, 2.05) is 19.1 Å². The molecule has 0 aliphatic rings. The number of pyridine rings is 1. The standard InChI is InChI=1S/C16H11ClN4O2/c1-9-11-8-10(17)5-6-12(11)23-14(9)15(22)18-16-20-19-13-4-2-3-7-21(13)16/h2-8H,1H3,(H,18,20,22). The van der Waals surface area contributed by atoms with Crippen molar-refractivity contribution in [2.24, 2.45) is 0 Å². The minimum Gasteiger partial charge on any atom is -0.451 e. The van der Waals surface area contributed by atoms with Gasteiger partial charge in [0.25, 0.3) is 5.91 Å². The van der Waals surface area contributed by atoms with Crippen LogP contribution < -0.4 is 5.32 Å². The number of anilines is 1. The Labute approximate surface area is 135 Å². The number of halogens is 1. The van der Waals surface area contributed by atoms with E-state index in [0.717, 1.165) is 10.9 Å². The minimum atomic E-state index is -0.382. The van der Waals surface area contributed by atoms with Gasteiger partial charge in [0.2, 0.25) is 5.95 Å². The van der Waals surface area contributed by atoms with Gasteiger partial charge in [0, 0.05) is 22.2 Å². The van der Waals surface area contributed by atoms with Crippen molar-refractivity contribution in [1.82, 2.24) is 14.6 Å². The molecule has 0 atom stereocenters. The summed E-state index contributed by atoms with van der Waals surface area (Å²) in [4.78, 5) is 12.5. The molecule has 4 aromatic rings. The molecular formula is C16H11ClN4O2. The first-order valence-corrected chi connectivity index (χ1v) is 7.31. The number of hydrogen-bond donors (Lipinski definition) is 1. The van der Waals surface area contributed by atoms with E-state index in [-0.39, 0.29) is 11.7 Å². The predicted molar refractivity (Wildman–Crippen MR) is 86.9 cm³/mol. The Morgan fingerprint density at radius 2 is 2.13 bits per heavy atom. The molecule has 0 aliphatic carbocycles. The van der Waals surface area contributed by atoms with E-state index in [1.54, 1.807) is 34.9 Å². The number of nitrogens with one attached hydrogen (secondary N) is 1. The summed E-state index contributed by atoms with van der Waals surface area (Å²) < 4.78 is 7.34. The number of benzene rings is 1. The van der Waals surface area contributed by atoms with Crippen LogP contribution in [0.5, 0.6) is 0 Å². The third-order valence-electron chi connectivity index (χ3n) is 3.64. The number of amides is 1. The average molecular weight is 327 g/mol. The molecule has 114 valence electrons. The highest BCUT2D eigenvalue weighted by Gasteiger charge is 2.19. The van der Waals surface area contributed by atoms with Crippen LogP contribution in [0.3, 0.4) is 0 Å². The molecule has 1 N–H and O–H groups in total. The van der Waals surface area contributed by atoms with Gasteiger partial charge in [-0.3, -0.25) is 14.5 Å². The highest BCUT2D eigenvalue weighted by molar-refractivity contribution is 6.31. The van der Waals surface area contributed by atoms with Crippen molar-refractivity contribution in [1.29, 1.82) is 0 Å². The van der Waals surface area contributed by atoms with Gasteiger partial charge in [-0.2, -0.15) is 0 Å². The summed E-state index contributed by atoms with van der Waals surface area (Å²) >= 11 is 6.00. The van der Waals surface area contributed by atoms with Crippen molar-refractivity contribution in [3.05, 3.63) is 58.9 Å². The van der Waals surface area contributed by atoms with E-state index in [0.29, 0.717) is 22.2 Å². The molecule has 4 rings (SSSR count). The first-order valence-electron chi connectivity index (χ1n) is 6.93. The summed E-state index contributed by atoms with van der Waals surface area (Å²) in [6.45, 7) is 1.82. The molecule has 0 saturated carbocycles. The highest BCUT2D eigenvalue weighted by atomic mass is 35.5. The van der Waals surface area contributed by atoms with Crippen LogP contribution in [-0.4, -0.2) is 20.5 Å². The molecular weight excluding hydrogens is 316 g/mol. The maximum atomic E-state index is 12.5. The van der Waals surface area contributed by atoms with Crippen molar-refractivity contribution >= 4 is 40.1 Å². The van der Waals surface area contributed by atoms with Crippen LogP contribution in [0, 0.1) is 6.92 Å². The van der Waals surface area contributed by atoms with E-state index >= 15 is 0 Å². The van der Waals surface area contributed by atoms with Crippen molar-refractivity contribution in [2.45, 2.75) is 6.92 Å². The fourth-order valence-corrected chi connectivity index (χ4v) is 2.67. The van der Waals surface area contributed by atoms with E-state index in [4.69, 9.17) is 16.0 Å². The van der Waals surface area contributed by atoms with Crippen LogP contribution >= 0.6 is 11.6 Å². The van der Waals surface area contributed by atoms with Crippen LogP contribution in [0.1, 0.15) is 16.1 Å². The molecule has 0 bridgehead atoms. The molecule has 3 aromatic heterocycles. The second kappa shape index (κ2) is 5.10. The molecule has 7 heteroatoms. The Bertz CT molecular complexity index is 1050. The van der Waals surface area contributed by atoms with Gasteiger partial charge >= 0.3 is 0 Å².